The van der Waals surface area contributed by atoms with E-state index in [1.54, 1.807) is 0 Å². The fraction of sp³-hybridized carbons (Fsp3) is 1.00. The summed E-state index contributed by atoms with van der Waals surface area (Å²) in [7, 11) is 0. The molecular weight excluding hydrogens is 170 g/mol. The van der Waals surface area contributed by atoms with E-state index in [9.17, 15) is 0 Å². The van der Waals surface area contributed by atoms with Gasteiger partial charge in [0.05, 0.1) is 0 Å². The molecular formula is C9H19NOS. The highest BCUT2D eigenvalue weighted by Crippen LogP contribution is 2.29. The van der Waals surface area contributed by atoms with E-state index in [2.05, 4.69) is 0 Å². The van der Waals surface area contributed by atoms with Crippen LogP contribution in [-0.2, 0) is 0 Å². The van der Waals surface area contributed by atoms with Crippen molar-refractivity contribution in [2.24, 2.45) is 17.6 Å². The van der Waals surface area contributed by atoms with Gasteiger partial charge in [-0.3, -0.25) is 0 Å². The standard InChI is InChI=1S/C9H19NOS/c10-6-8(3-4-11)9-2-1-5-12-7-9/h8-9,11H,1-7,10H2. The topological polar surface area (TPSA) is 46.2 Å². The number of rotatable bonds is 4. The smallest absolute Gasteiger partial charge is 0.0434 e. The maximum atomic E-state index is 8.84. The van der Waals surface area contributed by atoms with Crippen LogP contribution >= 0.6 is 11.8 Å². The lowest BCUT2D eigenvalue weighted by Gasteiger charge is -2.28. The summed E-state index contributed by atoms with van der Waals surface area (Å²) in [6.07, 6.45) is 3.54. The van der Waals surface area contributed by atoms with Crippen LogP contribution in [0, 0.1) is 11.8 Å². The highest BCUT2D eigenvalue weighted by Gasteiger charge is 2.21. The molecule has 0 amide bonds. The van der Waals surface area contributed by atoms with Gasteiger partial charge in [-0.2, -0.15) is 11.8 Å². The lowest BCUT2D eigenvalue weighted by molar-refractivity contribution is 0.224. The zero-order chi connectivity index (χ0) is 8.81. The molecule has 0 spiro atoms. The molecule has 0 aromatic carbocycles. The third kappa shape index (κ3) is 2.96. The van der Waals surface area contributed by atoms with Crippen LogP contribution in [0.4, 0.5) is 0 Å². The second-order valence-corrected chi connectivity index (χ2v) is 4.64. The van der Waals surface area contributed by atoms with Crippen LogP contribution in [0.5, 0.6) is 0 Å². The average molecular weight is 189 g/mol. The molecule has 0 aliphatic carbocycles. The fourth-order valence-corrected chi connectivity index (χ4v) is 3.13. The van der Waals surface area contributed by atoms with Crippen molar-refractivity contribution in [1.82, 2.24) is 0 Å². The Balaban J connectivity index is 2.29. The van der Waals surface area contributed by atoms with Gasteiger partial charge in [-0.1, -0.05) is 0 Å². The molecule has 1 aliphatic rings. The second-order valence-electron chi connectivity index (χ2n) is 3.49. The van der Waals surface area contributed by atoms with E-state index in [1.807, 2.05) is 11.8 Å². The minimum atomic E-state index is 0.295. The fourth-order valence-electron chi connectivity index (χ4n) is 1.85. The molecule has 1 rings (SSSR count). The Kier molecular flexibility index (Phi) is 5.04. The molecule has 0 aromatic heterocycles. The molecule has 2 unspecified atom stereocenters. The molecule has 12 heavy (non-hydrogen) atoms. The first kappa shape index (κ1) is 10.4. The van der Waals surface area contributed by atoms with Crippen LogP contribution in [0.15, 0.2) is 0 Å². The first-order valence-corrected chi connectivity index (χ1v) is 5.92. The summed E-state index contributed by atoms with van der Waals surface area (Å²) < 4.78 is 0. The minimum Gasteiger partial charge on any atom is -0.396 e. The molecule has 3 N–H and O–H groups in total. The Labute approximate surface area is 78.9 Å². The summed E-state index contributed by atoms with van der Waals surface area (Å²) in [5, 5.41) is 8.84. The normalized spacial score (nSPS) is 27.0. The molecule has 0 radical (unpaired) electrons. The van der Waals surface area contributed by atoms with Gasteiger partial charge in [-0.15, -0.1) is 0 Å². The van der Waals surface area contributed by atoms with Crippen molar-refractivity contribution in [3.63, 3.8) is 0 Å². The summed E-state index contributed by atoms with van der Waals surface area (Å²) in [5.74, 6) is 3.89. The van der Waals surface area contributed by atoms with Gasteiger partial charge in [0.25, 0.3) is 0 Å². The summed E-state index contributed by atoms with van der Waals surface area (Å²) in [6.45, 7) is 1.04. The lowest BCUT2D eigenvalue weighted by Crippen LogP contribution is -2.28. The molecule has 1 heterocycles. The number of thioether (sulfide) groups is 1. The van der Waals surface area contributed by atoms with Gasteiger partial charge < -0.3 is 10.8 Å². The largest absolute Gasteiger partial charge is 0.396 e. The predicted molar refractivity (Wildman–Crippen MR) is 54.3 cm³/mol. The van der Waals surface area contributed by atoms with E-state index in [4.69, 9.17) is 10.8 Å². The highest BCUT2D eigenvalue weighted by atomic mass is 32.2. The van der Waals surface area contributed by atoms with Crippen molar-refractivity contribution in [2.45, 2.75) is 19.3 Å². The van der Waals surface area contributed by atoms with E-state index in [0.717, 1.165) is 18.9 Å². The predicted octanol–water partition coefficient (Wildman–Crippen LogP) is 1.09. The van der Waals surface area contributed by atoms with Gasteiger partial charge in [0.15, 0.2) is 0 Å². The van der Waals surface area contributed by atoms with E-state index in [0.29, 0.717) is 12.5 Å². The summed E-state index contributed by atoms with van der Waals surface area (Å²) in [5.41, 5.74) is 5.67. The average Bonchev–Trinajstić information content (AvgIpc) is 2.15. The van der Waals surface area contributed by atoms with Gasteiger partial charge in [0.1, 0.15) is 0 Å². The summed E-state index contributed by atoms with van der Waals surface area (Å²) >= 11 is 2.04. The van der Waals surface area contributed by atoms with Crippen molar-refractivity contribution in [1.29, 1.82) is 0 Å². The number of hydrogen-bond acceptors (Lipinski definition) is 3. The van der Waals surface area contributed by atoms with E-state index in [1.165, 1.54) is 24.3 Å². The Hall–Kier alpha value is 0.270. The molecule has 2 nitrogen and oxygen atoms in total. The molecule has 1 aliphatic heterocycles. The number of aliphatic hydroxyl groups is 1. The molecule has 1 saturated heterocycles. The number of hydrogen-bond donors (Lipinski definition) is 2. The van der Waals surface area contributed by atoms with Crippen molar-refractivity contribution in [2.75, 3.05) is 24.7 Å². The van der Waals surface area contributed by atoms with Crippen LogP contribution in [0.2, 0.25) is 0 Å². The monoisotopic (exact) mass is 189 g/mol. The van der Waals surface area contributed by atoms with Crippen LogP contribution in [-0.4, -0.2) is 29.8 Å². The van der Waals surface area contributed by atoms with E-state index >= 15 is 0 Å². The third-order valence-electron chi connectivity index (χ3n) is 2.66. The first-order valence-electron chi connectivity index (χ1n) is 4.77. The highest BCUT2D eigenvalue weighted by molar-refractivity contribution is 7.99. The Morgan fingerprint density at radius 1 is 1.58 bits per heavy atom. The Bertz CT molecular complexity index is 112. The zero-order valence-electron chi connectivity index (χ0n) is 7.54. The van der Waals surface area contributed by atoms with Crippen molar-refractivity contribution in [3.8, 4) is 0 Å². The van der Waals surface area contributed by atoms with Crippen LogP contribution in [0.1, 0.15) is 19.3 Å². The maximum Gasteiger partial charge on any atom is 0.0434 e. The lowest BCUT2D eigenvalue weighted by atomic mass is 9.87. The summed E-state index contributed by atoms with van der Waals surface area (Å²) in [6, 6.07) is 0. The van der Waals surface area contributed by atoms with Crippen LogP contribution < -0.4 is 5.73 Å². The van der Waals surface area contributed by atoms with Gasteiger partial charge in [0.2, 0.25) is 0 Å². The minimum absolute atomic E-state index is 0.295. The first-order chi connectivity index (χ1) is 5.88. The number of nitrogens with two attached hydrogens (primary N) is 1. The molecule has 0 saturated carbocycles. The SMILES string of the molecule is NCC(CCO)C1CCCSC1. The Morgan fingerprint density at radius 3 is 2.92 bits per heavy atom. The molecule has 2 atom stereocenters. The van der Waals surface area contributed by atoms with Gasteiger partial charge >= 0.3 is 0 Å². The van der Waals surface area contributed by atoms with E-state index in [-0.39, 0.29) is 0 Å². The molecule has 1 fully saturated rings. The third-order valence-corrected chi connectivity index (χ3v) is 3.91. The van der Waals surface area contributed by atoms with Gasteiger partial charge in [-0.25, -0.2) is 0 Å². The maximum absolute atomic E-state index is 8.84. The van der Waals surface area contributed by atoms with Crippen molar-refractivity contribution in [3.05, 3.63) is 0 Å². The van der Waals surface area contributed by atoms with Gasteiger partial charge in [-0.05, 0) is 49.1 Å². The summed E-state index contributed by atoms with van der Waals surface area (Å²) in [4.78, 5) is 0. The molecule has 0 aromatic rings. The quantitative estimate of drug-likeness (QED) is 0.696. The van der Waals surface area contributed by atoms with Crippen LogP contribution in [0.3, 0.4) is 0 Å². The van der Waals surface area contributed by atoms with Crippen molar-refractivity contribution >= 4 is 11.8 Å². The molecule has 3 heteroatoms. The van der Waals surface area contributed by atoms with Crippen LogP contribution in [0.25, 0.3) is 0 Å². The zero-order valence-corrected chi connectivity index (χ0v) is 8.35. The molecule has 72 valence electrons. The van der Waals surface area contributed by atoms with Gasteiger partial charge in [0, 0.05) is 6.61 Å². The number of aliphatic hydroxyl groups excluding tert-OH is 1. The van der Waals surface area contributed by atoms with Crippen molar-refractivity contribution < 1.29 is 5.11 Å². The second kappa shape index (κ2) is 5.84. The van der Waals surface area contributed by atoms with E-state index < -0.39 is 0 Å². The Morgan fingerprint density at radius 2 is 2.42 bits per heavy atom. The molecule has 0 bridgehead atoms.